The van der Waals surface area contributed by atoms with Crippen LogP contribution in [0.1, 0.15) is 11.1 Å². The van der Waals surface area contributed by atoms with Gasteiger partial charge in [0.25, 0.3) is 0 Å². The highest BCUT2D eigenvalue weighted by Gasteiger charge is 1.94. The number of anilines is 1. The quantitative estimate of drug-likeness (QED) is 0.450. The summed E-state index contributed by atoms with van der Waals surface area (Å²) in [6.45, 7) is 0. The van der Waals surface area contributed by atoms with Crippen LogP contribution in [0.5, 0.6) is 0 Å². The minimum absolute atomic E-state index is 0.723. The molecule has 2 N–H and O–H groups in total. The van der Waals surface area contributed by atoms with E-state index in [9.17, 15) is 0 Å². The van der Waals surface area contributed by atoms with Crippen LogP contribution in [0.4, 0.5) is 5.69 Å². The molecule has 0 heterocycles. The minimum atomic E-state index is 0.723. The van der Waals surface area contributed by atoms with Gasteiger partial charge in [0.05, 0.1) is 0 Å². The largest absolute Gasteiger partial charge is 0.398 e. The van der Waals surface area contributed by atoms with Crippen molar-refractivity contribution in [1.82, 2.24) is 0 Å². The van der Waals surface area contributed by atoms with Gasteiger partial charge in [-0.05, 0) is 46.9 Å². The molecule has 0 aromatic heterocycles. The number of nitrogen functional groups attached to an aromatic ring is 1. The summed E-state index contributed by atoms with van der Waals surface area (Å²) in [5, 5.41) is 0. The van der Waals surface area contributed by atoms with Crippen LogP contribution < -0.4 is 5.73 Å². The molecule has 0 amide bonds. The molecule has 0 saturated carbocycles. The van der Waals surface area contributed by atoms with Gasteiger partial charge in [0, 0.05) is 20.4 Å². The Labute approximate surface area is 109 Å². The van der Waals surface area contributed by atoms with Crippen LogP contribution in [-0.4, -0.2) is 0 Å². The van der Waals surface area contributed by atoms with Crippen molar-refractivity contribution in [1.29, 1.82) is 0 Å². The zero-order valence-corrected chi connectivity index (χ0v) is 10.7. The number of halogens is 1. The maximum atomic E-state index is 5.82. The zero-order valence-electron chi connectivity index (χ0n) is 8.57. The summed E-state index contributed by atoms with van der Waals surface area (Å²) in [5.74, 6) is 6.22. The standard InChI is InChI=1S/C14H10IN/c15-13-7-3-1-5-11(13)9-10-12-6-2-4-8-14(12)16/h1-8H,16H2. The van der Waals surface area contributed by atoms with E-state index >= 15 is 0 Å². The number of para-hydroxylation sites is 1. The third kappa shape index (κ3) is 2.56. The first-order valence-corrected chi connectivity index (χ1v) is 5.96. The van der Waals surface area contributed by atoms with Gasteiger partial charge in [0.1, 0.15) is 0 Å². The summed E-state index contributed by atoms with van der Waals surface area (Å²) >= 11 is 2.28. The second-order valence-electron chi connectivity index (χ2n) is 3.32. The van der Waals surface area contributed by atoms with Crippen molar-refractivity contribution in [3.63, 3.8) is 0 Å². The first-order chi connectivity index (χ1) is 7.77. The van der Waals surface area contributed by atoms with E-state index in [0.29, 0.717) is 0 Å². The normalized spacial score (nSPS) is 9.31. The minimum Gasteiger partial charge on any atom is -0.398 e. The van der Waals surface area contributed by atoms with Gasteiger partial charge in [-0.2, -0.15) is 0 Å². The van der Waals surface area contributed by atoms with E-state index in [-0.39, 0.29) is 0 Å². The van der Waals surface area contributed by atoms with Gasteiger partial charge in [0.15, 0.2) is 0 Å². The summed E-state index contributed by atoms with van der Waals surface area (Å²) in [4.78, 5) is 0. The third-order valence-corrected chi connectivity index (χ3v) is 3.11. The molecule has 0 unspecified atom stereocenters. The Morgan fingerprint density at radius 2 is 1.38 bits per heavy atom. The number of nitrogens with two attached hydrogens (primary N) is 1. The molecule has 2 aromatic rings. The first-order valence-electron chi connectivity index (χ1n) is 4.88. The molecule has 16 heavy (non-hydrogen) atoms. The molecule has 0 bridgehead atoms. The molecule has 2 rings (SSSR count). The monoisotopic (exact) mass is 319 g/mol. The topological polar surface area (TPSA) is 26.0 Å². The van der Waals surface area contributed by atoms with Gasteiger partial charge in [-0.3, -0.25) is 0 Å². The summed E-state index contributed by atoms with van der Waals surface area (Å²) < 4.78 is 1.15. The molecule has 0 atom stereocenters. The van der Waals surface area contributed by atoms with Crippen molar-refractivity contribution in [2.45, 2.75) is 0 Å². The fraction of sp³-hybridized carbons (Fsp3) is 0. The lowest BCUT2D eigenvalue weighted by Crippen LogP contribution is -1.88. The van der Waals surface area contributed by atoms with Crippen molar-refractivity contribution in [3.8, 4) is 11.8 Å². The van der Waals surface area contributed by atoms with Crippen molar-refractivity contribution in [2.24, 2.45) is 0 Å². The van der Waals surface area contributed by atoms with Gasteiger partial charge < -0.3 is 5.73 Å². The predicted molar refractivity (Wildman–Crippen MR) is 76.0 cm³/mol. The van der Waals surface area contributed by atoms with Crippen LogP contribution in [0, 0.1) is 15.4 Å². The number of hydrogen-bond donors (Lipinski definition) is 1. The Morgan fingerprint density at radius 3 is 2.06 bits per heavy atom. The molecule has 0 spiro atoms. The molecule has 0 aliphatic rings. The molecule has 0 saturated heterocycles. The lowest BCUT2D eigenvalue weighted by atomic mass is 10.1. The molecule has 0 radical (unpaired) electrons. The fourth-order valence-corrected chi connectivity index (χ4v) is 1.83. The van der Waals surface area contributed by atoms with E-state index < -0.39 is 0 Å². The molecule has 0 aliphatic heterocycles. The molecule has 0 aliphatic carbocycles. The van der Waals surface area contributed by atoms with E-state index in [2.05, 4.69) is 34.4 Å². The summed E-state index contributed by atoms with van der Waals surface area (Å²) in [6.07, 6.45) is 0. The Morgan fingerprint density at radius 1 is 0.812 bits per heavy atom. The van der Waals surface area contributed by atoms with E-state index in [1.165, 1.54) is 0 Å². The highest BCUT2D eigenvalue weighted by atomic mass is 127. The maximum Gasteiger partial charge on any atom is 0.0478 e. The number of hydrogen-bond acceptors (Lipinski definition) is 1. The second kappa shape index (κ2) is 5.04. The summed E-state index contributed by atoms with van der Waals surface area (Å²) in [6, 6.07) is 15.7. The molecule has 78 valence electrons. The van der Waals surface area contributed by atoms with Crippen LogP contribution in [0.25, 0.3) is 0 Å². The van der Waals surface area contributed by atoms with Crippen LogP contribution in [0.2, 0.25) is 0 Å². The van der Waals surface area contributed by atoms with Gasteiger partial charge in [-0.1, -0.05) is 36.1 Å². The van der Waals surface area contributed by atoms with Gasteiger partial charge >= 0.3 is 0 Å². The van der Waals surface area contributed by atoms with E-state index in [1.807, 2.05) is 48.5 Å². The van der Waals surface area contributed by atoms with Crippen LogP contribution in [0.15, 0.2) is 48.5 Å². The predicted octanol–water partition coefficient (Wildman–Crippen LogP) is 3.27. The average Bonchev–Trinajstić information content (AvgIpc) is 2.30. The summed E-state index contributed by atoms with van der Waals surface area (Å²) in [7, 11) is 0. The van der Waals surface area contributed by atoms with Crippen molar-refractivity contribution in [2.75, 3.05) is 5.73 Å². The maximum absolute atomic E-state index is 5.82. The third-order valence-electron chi connectivity index (χ3n) is 2.17. The average molecular weight is 319 g/mol. The molecule has 1 nitrogen and oxygen atoms in total. The van der Waals surface area contributed by atoms with Crippen molar-refractivity contribution >= 4 is 28.3 Å². The van der Waals surface area contributed by atoms with Crippen molar-refractivity contribution < 1.29 is 0 Å². The van der Waals surface area contributed by atoms with Crippen LogP contribution in [0.3, 0.4) is 0 Å². The highest BCUT2D eigenvalue weighted by molar-refractivity contribution is 14.1. The molecular weight excluding hydrogens is 309 g/mol. The number of benzene rings is 2. The smallest absolute Gasteiger partial charge is 0.0478 e. The lowest BCUT2D eigenvalue weighted by Gasteiger charge is -1.96. The Hall–Kier alpha value is -1.47. The van der Waals surface area contributed by atoms with E-state index in [1.54, 1.807) is 0 Å². The van der Waals surface area contributed by atoms with E-state index in [4.69, 9.17) is 5.73 Å². The van der Waals surface area contributed by atoms with Gasteiger partial charge in [-0.15, -0.1) is 0 Å². The first kappa shape index (κ1) is 11.0. The van der Waals surface area contributed by atoms with Gasteiger partial charge in [-0.25, -0.2) is 0 Å². The zero-order chi connectivity index (χ0) is 11.4. The van der Waals surface area contributed by atoms with Crippen LogP contribution >= 0.6 is 22.6 Å². The molecular formula is C14H10IN. The fourth-order valence-electron chi connectivity index (χ4n) is 1.31. The van der Waals surface area contributed by atoms with Crippen molar-refractivity contribution in [3.05, 3.63) is 63.2 Å². The highest BCUT2D eigenvalue weighted by Crippen LogP contribution is 2.12. The Bertz CT molecular complexity index is 515. The van der Waals surface area contributed by atoms with E-state index in [0.717, 1.165) is 20.4 Å². The lowest BCUT2D eigenvalue weighted by molar-refractivity contribution is 1.58. The molecule has 0 fully saturated rings. The second-order valence-corrected chi connectivity index (χ2v) is 4.48. The SMILES string of the molecule is Nc1ccccc1C#Cc1ccccc1I. The Kier molecular flexibility index (Phi) is 3.47. The summed E-state index contributed by atoms with van der Waals surface area (Å²) in [5.41, 5.74) is 8.45. The van der Waals surface area contributed by atoms with Gasteiger partial charge in [0.2, 0.25) is 0 Å². The molecule has 2 aromatic carbocycles. The number of rotatable bonds is 0. The Balaban J connectivity index is 2.36. The molecule has 2 heteroatoms. The van der Waals surface area contributed by atoms with Crippen LogP contribution in [-0.2, 0) is 0 Å².